The van der Waals surface area contributed by atoms with Crippen molar-refractivity contribution < 1.29 is 10.2 Å². The first-order chi connectivity index (χ1) is 10.2. The summed E-state index contributed by atoms with van der Waals surface area (Å²) in [5.41, 5.74) is 10.0. The van der Waals surface area contributed by atoms with E-state index in [-0.39, 0.29) is 0 Å². The van der Waals surface area contributed by atoms with Crippen LogP contribution in [0.25, 0.3) is 0 Å². The van der Waals surface area contributed by atoms with Gasteiger partial charge in [0.2, 0.25) is 0 Å². The standard InChI is InChI=1S/C20H26O2/c1-10-8-19(21)14(5)11(2)17(10)9-18-12(3)15(6)20(22)16(7)13(18)4/h8,21-22H,9H2,1-7H3. The van der Waals surface area contributed by atoms with Gasteiger partial charge in [0.15, 0.2) is 0 Å². The second-order valence-corrected chi connectivity index (χ2v) is 6.45. The molecule has 0 aliphatic rings. The SMILES string of the molecule is Cc1cc(O)c(C)c(C)c1Cc1c(C)c(C)c(O)c(C)c1C. The van der Waals surface area contributed by atoms with Crippen LogP contribution in [-0.2, 0) is 6.42 Å². The van der Waals surface area contributed by atoms with E-state index >= 15 is 0 Å². The zero-order valence-corrected chi connectivity index (χ0v) is 14.7. The molecule has 0 heterocycles. The Balaban J connectivity index is 2.66. The number of rotatable bonds is 2. The highest BCUT2D eigenvalue weighted by molar-refractivity contribution is 5.56. The summed E-state index contributed by atoms with van der Waals surface area (Å²) in [5.74, 6) is 0.777. The molecule has 2 nitrogen and oxygen atoms in total. The second kappa shape index (κ2) is 5.68. The zero-order chi connectivity index (χ0) is 16.8. The van der Waals surface area contributed by atoms with Gasteiger partial charge in [-0.2, -0.15) is 0 Å². The van der Waals surface area contributed by atoms with E-state index in [1.54, 1.807) is 0 Å². The van der Waals surface area contributed by atoms with Gasteiger partial charge in [0.1, 0.15) is 11.5 Å². The van der Waals surface area contributed by atoms with Crippen LogP contribution in [0.15, 0.2) is 6.07 Å². The van der Waals surface area contributed by atoms with Crippen molar-refractivity contribution in [3.8, 4) is 11.5 Å². The summed E-state index contributed by atoms with van der Waals surface area (Å²) in [4.78, 5) is 0. The smallest absolute Gasteiger partial charge is 0.121 e. The van der Waals surface area contributed by atoms with Gasteiger partial charge >= 0.3 is 0 Å². The van der Waals surface area contributed by atoms with E-state index < -0.39 is 0 Å². The topological polar surface area (TPSA) is 40.5 Å². The average Bonchev–Trinajstić information content (AvgIpc) is 2.48. The van der Waals surface area contributed by atoms with Crippen LogP contribution in [0.5, 0.6) is 11.5 Å². The highest BCUT2D eigenvalue weighted by Crippen LogP contribution is 2.35. The van der Waals surface area contributed by atoms with Crippen molar-refractivity contribution in [3.63, 3.8) is 0 Å². The highest BCUT2D eigenvalue weighted by Gasteiger charge is 2.17. The fourth-order valence-corrected chi connectivity index (χ4v) is 3.20. The molecule has 0 aromatic heterocycles. The largest absolute Gasteiger partial charge is 0.508 e. The van der Waals surface area contributed by atoms with Crippen LogP contribution in [0.2, 0.25) is 0 Å². The number of benzene rings is 2. The quantitative estimate of drug-likeness (QED) is 0.832. The third-order valence-electron chi connectivity index (χ3n) is 5.32. The number of hydrogen-bond donors (Lipinski definition) is 2. The molecule has 0 spiro atoms. The Morgan fingerprint density at radius 1 is 0.636 bits per heavy atom. The maximum absolute atomic E-state index is 10.2. The lowest BCUT2D eigenvalue weighted by atomic mass is 9.86. The molecule has 0 bridgehead atoms. The summed E-state index contributed by atoms with van der Waals surface area (Å²) in [6.45, 7) is 14.2. The van der Waals surface area contributed by atoms with Crippen LogP contribution < -0.4 is 0 Å². The Morgan fingerprint density at radius 3 is 1.59 bits per heavy atom. The Labute approximate surface area is 133 Å². The molecule has 0 saturated carbocycles. The predicted molar refractivity (Wildman–Crippen MR) is 92.2 cm³/mol. The fourth-order valence-electron chi connectivity index (χ4n) is 3.20. The van der Waals surface area contributed by atoms with Gasteiger partial charge in [-0.3, -0.25) is 0 Å². The molecule has 2 N–H and O–H groups in total. The Bertz CT molecular complexity index is 726. The molecular formula is C20H26O2. The molecule has 22 heavy (non-hydrogen) atoms. The fraction of sp³-hybridized carbons (Fsp3) is 0.400. The monoisotopic (exact) mass is 298 g/mol. The van der Waals surface area contributed by atoms with E-state index in [4.69, 9.17) is 0 Å². The molecule has 2 aromatic carbocycles. The van der Waals surface area contributed by atoms with Gasteiger partial charge in [-0.1, -0.05) is 0 Å². The van der Waals surface area contributed by atoms with E-state index in [9.17, 15) is 10.2 Å². The molecule has 118 valence electrons. The van der Waals surface area contributed by atoms with Gasteiger partial charge in [0, 0.05) is 0 Å². The van der Waals surface area contributed by atoms with E-state index in [0.717, 1.165) is 45.4 Å². The lowest BCUT2D eigenvalue weighted by Crippen LogP contribution is -2.05. The van der Waals surface area contributed by atoms with E-state index in [0.29, 0.717) is 11.5 Å². The van der Waals surface area contributed by atoms with Crippen LogP contribution in [0.3, 0.4) is 0 Å². The molecule has 2 heteroatoms. The molecule has 0 aliphatic heterocycles. The van der Waals surface area contributed by atoms with Crippen molar-refractivity contribution in [2.45, 2.75) is 54.9 Å². The summed E-state index contributed by atoms with van der Waals surface area (Å²) in [6.07, 6.45) is 0.832. The summed E-state index contributed by atoms with van der Waals surface area (Å²) >= 11 is 0. The van der Waals surface area contributed by atoms with Crippen molar-refractivity contribution in [1.82, 2.24) is 0 Å². The number of hydrogen-bond acceptors (Lipinski definition) is 2. The van der Waals surface area contributed by atoms with E-state index in [2.05, 4.69) is 20.8 Å². The number of phenolic OH excluding ortho intramolecular Hbond substituents is 2. The number of aryl methyl sites for hydroxylation is 1. The van der Waals surface area contributed by atoms with Gasteiger partial charge < -0.3 is 10.2 Å². The third-order valence-corrected chi connectivity index (χ3v) is 5.32. The van der Waals surface area contributed by atoms with Crippen LogP contribution in [0, 0.1) is 48.5 Å². The van der Waals surface area contributed by atoms with Crippen molar-refractivity contribution in [2.75, 3.05) is 0 Å². The molecular weight excluding hydrogens is 272 g/mol. The molecule has 0 unspecified atom stereocenters. The predicted octanol–water partition coefficient (Wildman–Crippen LogP) is 4.85. The summed E-state index contributed by atoms with van der Waals surface area (Å²) < 4.78 is 0. The summed E-state index contributed by atoms with van der Waals surface area (Å²) in [5, 5.41) is 20.2. The van der Waals surface area contributed by atoms with Crippen LogP contribution in [0.1, 0.15) is 50.1 Å². The van der Waals surface area contributed by atoms with Crippen molar-refractivity contribution in [1.29, 1.82) is 0 Å². The van der Waals surface area contributed by atoms with Gasteiger partial charge in [-0.05, 0) is 111 Å². The Kier molecular flexibility index (Phi) is 4.23. The van der Waals surface area contributed by atoms with Crippen LogP contribution in [0.4, 0.5) is 0 Å². The van der Waals surface area contributed by atoms with Crippen molar-refractivity contribution in [2.24, 2.45) is 0 Å². The van der Waals surface area contributed by atoms with Gasteiger partial charge in [-0.25, -0.2) is 0 Å². The number of phenols is 2. The maximum atomic E-state index is 10.2. The molecule has 0 fully saturated rings. The van der Waals surface area contributed by atoms with Gasteiger partial charge in [-0.15, -0.1) is 0 Å². The highest BCUT2D eigenvalue weighted by atomic mass is 16.3. The first-order valence-electron chi connectivity index (χ1n) is 7.73. The summed E-state index contributed by atoms with van der Waals surface area (Å²) in [6, 6.07) is 1.85. The molecule has 2 rings (SSSR count). The van der Waals surface area contributed by atoms with Crippen LogP contribution >= 0.6 is 0 Å². The molecule has 0 aliphatic carbocycles. The number of aromatic hydroxyl groups is 2. The lowest BCUT2D eigenvalue weighted by Gasteiger charge is -2.20. The first-order valence-corrected chi connectivity index (χ1v) is 7.73. The van der Waals surface area contributed by atoms with E-state index in [1.807, 2.05) is 33.8 Å². The Morgan fingerprint density at radius 2 is 1.09 bits per heavy atom. The Hall–Kier alpha value is -1.96. The van der Waals surface area contributed by atoms with E-state index in [1.165, 1.54) is 11.1 Å². The van der Waals surface area contributed by atoms with Gasteiger partial charge in [0.25, 0.3) is 0 Å². The second-order valence-electron chi connectivity index (χ2n) is 6.45. The van der Waals surface area contributed by atoms with Gasteiger partial charge in [0.05, 0.1) is 0 Å². The maximum Gasteiger partial charge on any atom is 0.121 e. The average molecular weight is 298 g/mol. The zero-order valence-electron chi connectivity index (χ0n) is 14.7. The molecule has 0 amide bonds. The normalized spacial score (nSPS) is 11.0. The lowest BCUT2D eigenvalue weighted by molar-refractivity contribution is 0.465. The minimum atomic E-state index is 0.366. The van der Waals surface area contributed by atoms with Crippen LogP contribution in [-0.4, -0.2) is 10.2 Å². The minimum absolute atomic E-state index is 0.366. The summed E-state index contributed by atoms with van der Waals surface area (Å²) in [7, 11) is 0. The van der Waals surface area contributed by atoms with Crippen molar-refractivity contribution >= 4 is 0 Å². The minimum Gasteiger partial charge on any atom is -0.508 e. The molecule has 0 atom stereocenters. The molecule has 0 saturated heterocycles. The molecule has 0 radical (unpaired) electrons. The first kappa shape index (κ1) is 16.4. The molecule has 2 aromatic rings. The third kappa shape index (κ3) is 2.47. The van der Waals surface area contributed by atoms with Crippen molar-refractivity contribution in [3.05, 3.63) is 56.1 Å².